The summed E-state index contributed by atoms with van der Waals surface area (Å²) in [5.74, 6) is 0.246. The zero-order valence-corrected chi connectivity index (χ0v) is 14.0. The van der Waals surface area contributed by atoms with Crippen LogP contribution < -0.4 is 5.32 Å². The van der Waals surface area contributed by atoms with Crippen LogP contribution in [0.1, 0.15) is 43.2 Å². The van der Waals surface area contributed by atoms with E-state index in [1.54, 1.807) is 0 Å². The van der Waals surface area contributed by atoms with E-state index in [-0.39, 0.29) is 17.6 Å². The summed E-state index contributed by atoms with van der Waals surface area (Å²) in [7, 11) is 0. The maximum Gasteiger partial charge on any atom is 0.238 e. The minimum atomic E-state index is -0.0939. The van der Waals surface area contributed by atoms with Gasteiger partial charge in [0.25, 0.3) is 0 Å². The van der Waals surface area contributed by atoms with Crippen molar-refractivity contribution in [1.29, 1.82) is 5.26 Å². The molecule has 24 heavy (non-hydrogen) atoms. The molecule has 3 heterocycles. The Bertz CT molecular complexity index is 655. The minimum absolute atomic E-state index is 0.0939. The van der Waals surface area contributed by atoms with Gasteiger partial charge < -0.3 is 5.32 Å². The molecule has 0 aliphatic carbocycles. The highest BCUT2D eigenvalue weighted by Gasteiger charge is 2.52. The molecule has 3 aliphatic heterocycles. The van der Waals surface area contributed by atoms with Crippen LogP contribution in [0.15, 0.2) is 24.3 Å². The van der Waals surface area contributed by atoms with Crippen LogP contribution >= 0.6 is 0 Å². The first kappa shape index (κ1) is 15.6. The fraction of sp³-hybridized carbons (Fsp3) is 0.579. The molecule has 1 atom stereocenters. The van der Waals surface area contributed by atoms with Crippen molar-refractivity contribution in [3.8, 4) is 6.07 Å². The average molecular weight is 324 g/mol. The van der Waals surface area contributed by atoms with E-state index in [1.807, 2.05) is 24.3 Å². The van der Waals surface area contributed by atoms with Crippen LogP contribution in [0.2, 0.25) is 0 Å². The van der Waals surface area contributed by atoms with Crippen LogP contribution in [-0.2, 0) is 11.3 Å². The third-order valence-corrected chi connectivity index (χ3v) is 5.88. The molecule has 1 aromatic rings. The van der Waals surface area contributed by atoms with Crippen molar-refractivity contribution in [3.63, 3.8) is 0 Å². The zero-order valence-electron chi connectivity index (χ0n) is 14.0. The van der Waals surface area contributed by atoms with Crippen LogP contribution in [0.5, 0.6) is 0 Å². The Morgan fingerprint density at radius 2 is 1.92 bits per heavy atom. The molecule has 1 spiro atoms. The van der Waals surface area contributed by atoms with E-state index in [4.69, 9.17) is 5.26 Å². The third kappa shape index (κ3) is 2.70. The van der Waals surface area contributed by atoms with E-state index >= 15 is 0 Å². The first-order valence-corrected chi connectivity index (χ1v) is 9.00. The number of fused-ring (bicyclic) bond motifs is 2. The number of rotatable bonds is 2. The van der Waals surface area contributed by atoms with Gasteiger partial charge in [0, 0.05) is 26.2 Å². The monoisotopic (exact) mass is 324 g/mol. The second kappa shape index (κ2) is 6.19. The number of nitrogens with one attached hydrogen (secondary N) is 1. The molecule has 0 radical (unpaired) electrons. The van der Waals surface area contributed by atoms with Crippen molar-refractivity contribution in [2.24, 2.45) is 0 Å². The van der Waals surface area contributed by atoms with E-state index in [0.29, 0.717) is 5.56 Å². The van der Waals surface area contributed by atoms with Gasteiger partial charge in [0.15, 0.2) is 0 Å². The number of hydrogen-bond donors (Lipinski definition) is 1. The molecular weight excluding hydrogens is 300 g/mol. The van der Waals surface area contributed by atoms with Gasteiger partial charge in [0.1, 0.15) is 0 Å². The number of carbonyl (C=O) groups is 1. The fourth-order valence-electron chi connectivity index (χ4n) is 4.54. The standard InChI is InChI=1S/C19H24N4O/c20-13-15-4-6-16(7-5-15)14-22-11-8-19(9-12-22)21-18(24)17-3-1-2-10-23(17)19/h4-7,17H,1-3,8-12,14H2,(H,21,24)/t17-/m0/s1. The number of hydrogen-bond acceptors (Lipinski definition) is 4. The van der Waals surface area contributed by atoms with Gasteiger partial charge in [-0.3, -0.25) is 14.6 Å². The molecule has 3 fully saturated rings. The molecule has 1 aromatic carbocycles. The largest absolute Gasteiger partial charge is 0.336 e. The predicted octanol–water partition coefficient (Wildman–Crippen LogP) is 1.83. The van der Waals surface area contributed by atoms with Crippen molar-refractivity contribution in [2.45, 2.75) is 50.4 Å². The molecule has 3 saturated heterocycles. The van der Waals surface area contributed by atoms with Crippen LogP contribution in [0.4, 0.5) is 0 Å². The third-order valence-electron chi connectivity index (χ3n) is 5.88. The summed E-state index contributed by atoms with van der Waals surface area (Å²) >= 11 is 0. The number of amides is 1. The lowest BCUT2D eigenvalue weighted by Crippen LogP contribution is -2.59. The number of piperidine rings is 2. The average Bonchev–Trinajstić information content (AvgIpc) is 2.90. The number of carbonyl (C=O) groups excluding carboxylic acids is 1. The first-order chi connectivity index (χ1) is 11.7. The van der Waals surface area contributed by atoms with Crippen LogP contribution in [0.25, 0.3) is 0 Å². The summed E-state index contributed by atoms with van der Waals surface area (Å²) < 4.78 is 0. The van der Waals surface area contributed by atoms with Gasteiger partial charge in [-0.2, -0.15) is 5.26 Å². The number of likely N-dealkylation sites (tertiary alicyclic amines) is 1. The molecule has 126 valence electrons. The molecule has 4 rings (SSSR count). The van der Waals surface area contributed by atoms with Gasteiger partial charge in [-0.15, -0.1) is 0 Å². The van der Waals surface area contributed by atoms with Crippen molar-refractivity contribution in [1.82, 2.24) is 15.1 Å². The van der Waals surface area contributed by atoms with Crippen molar-refractivity contribution >= 4 is 5.91 Å². The van der Waals surface area contributed by atoms with E-state index in [0.717, 1.165) is 45.4 Å². The Morgan fingerprint density at radius 1 is 1.17 bits per heavy atom. The molecule has 1 amide bonds. The normalized spacial score (nSPS) is 26.8. The summed E-state index contributed by atoms with van der Waals surface area (Å²) in [6.45, 7) is 3.98. The van der Waals surface area contributed by atoms with Crippen LogP contribution in [-0.4, -0.2) is 47.0 Å². The maximum atomic E-state index is 12.3. The molecule has 5 nitrogen and oxygen atoms in total. The Hall–Kier alpha value is -1.90. The lowest BCUT2D eigenvalue weighted by molar-refractivity contribution is -0.122. The van der Waals surface area contributed by atoms with Crippen LogP contribution in [0, 0.1) is 11.3 Å². The summed E-state index contributed by atoms with van der Waals surface area (Å²) in [6, 6.07) is 10.1. The Kier molecular flexibility index (Phi) is 4.03. The molecule has 0 aromatic heterocycles. The fourth-order valence-corrected chi connectivity index (χ4v) is 4.54. The van der Waals surface area contributed by atoms with E-state index in [1.165, 1.54) is 18.4 Å². The quantitative estimate of drug-likeness (QED) is 0.902. The van der Waals surface area contributed by atoms with Gasteiger partial charge in [-0.05, 0) is 43.4 Å². The molecule has 3 aliphatic rings. The second-order valence-corrected chi connectivity index (χ2v) is 7.31. The highest BCUT2D eigenvalue weighted by atomic mass is 16.2. The van der Waals surface area contributed by atoms with Crippen molar-refractivity contribution in [3.05, 3.63) is 35.4 Å². The van der Waals surface area contributed by atoms with Gasteiger partial charge in [0.05, 0.1) is 23.3 Å². The zero-order chi connectivity index (χ0) is 16.6. The highest BCUT2D eigenvalue weighted by molar-refractivity contribution is 5.85. The summed E-state index contributed by atoms with van der Waals surface area (Å²) in [5, 5.41) is 12.2. The second-order valence-electron chi connectivity index (χ2n) is 7.31. The Labute approximate surface area is 143 Å². The van der Waals surface area contributed by atoms with Crippen molar-refractivity contribution in [2.75, 3.05) is 19.6 Å². The predicted molar refractivity (Wildman–Crippen MR) is 90.9 cm³/mol. The lowest BCUT2D eigenvalue weighted by atomic mass is 9.92. The van der Waals surface area contributed by atoms with Gasteiger partial charge in [-0.25, -0.2) is 0 Å². The summed E-state index contributed by atoms with van der Waals surface area (Å²) in [6.07, 6.45) is 5.41. The minimum Gasteiger partial charge on any atom is -0.336 e. The highest BCUT2D eigenvalue weighted by Crippen LogP contribution is 2.37. The SMILES string of the molecule is N#Cc1ccc(CN2CCC3(CC2)NC(=O)[C@@H]2CCCCN23)cc1. The maximum absolute atomic E-state index is 12.3. The van der Waals surface area contributed by atoms with E-state index in [9.17, 15) is 4.79 Å². The number of nitrogens with zero attached hydrogens (tertiary/aromatic N) is 3. The molecule has 0 bridgehead atoms. The molecule has 0 unspecified atom stereocenters. The molecular formula is C19H24N4O. The van der Waals surface area contributed by atoms with Gasteiger partial charge >= 0.3 is 0 Å². The molecule has 5 heteroatoms. The number of nitriles is 1. The Balaban J connectivity index is 1.39. The first-order valence-electron chi connectivity index (χ1n) is 9.00. The van der Waals surface area contributed by atoms with Gasteiger partial charge in [-0.1, -0.05) is 18.6 Å². The summed E-state index contributed by atoms with van der Waals surface area (Å²) in [5.41, 5.74) is 1.86. The van der Waals surface area contributed by atoms with Crippen LogP contribution in [0.3, 0.4) is 0 Å². The summed E-state index contributed by atoms with van der Waals surface area (Å²) in [4.78, 5) is 17.2. The molecule has 0 saturated carbocycles. The van der Waals surface area contributed by atoms with E-state index in [2.05, 4.69) is 21.2 Å². The van der Waals surface area contributed by atoms with E-state index < -0.39 is 0 Å². The van der Waals surface area contributed by atoms with Crippen molar-refractivity contribution < 1.29 is 4.79 Å². The Morgan fingerprint density at radius 3 is 2.62 bits per heavy atom. The topological polar surface area (TPSA) is 59.4 Å². The van der Waals surface area contributed by atoms with Gasteiger partial charge in [0.2, 0.25) is 5.91 Å². The smallest absolute Gasteiger partial charge is 0.238 e. The molecule has 1 N–H and O–H groups in total. The lowest BCUT2D eigenvalue weighted by Gasteiger charge is -2.46. The number of benzene rings is 1.